The number of carbonyl (C=O) groups is 1. The van der Waals surface area contributed by atoms with E-state index in [-0.39, 0.29) is 18.6 Å². The fraction of sp³-hybridized carbons (Fsp3) is 0.438. The van der Waals surface area contributed by atoms with E-state index in [1.54, 1.807) is 0 Å². The monoisotopic (exact) mass is 272 g/mol. The summed E-state index contributed by atoms with van der Waals surface area (Å²) in [5, 5.41) is 11.8. The number of benzene rings is 1. The largest absolute Gasteiger partial charge is 0.384 e. The van der Waals surface area contributed by atoms with Crippen molar-refractivity contribution in [2.75, 3.05) is 26.7 Å². The molecule has 0 saturated carbocycles. The zero-order valence-electron chi connectivity index (χ0n) is 11.9. The van der Waals surface area contributed by atoms with Crippen LogP contribution in [0.4, 0.5) is 0 Å². The Labute approximate surface area is 119 Å². The van der Waals surface area contributed by atoms with Gasteiger partial charge >= 0.3 is 0 Å². The van der Waals surface area contributed by atoms with Crippen LogP contribution in [0.2, 0.25) is 0 Å². The fourth-order valence-electron chi connectivity index (χ4n) is 2.47. The van der Waals surface area contributed by atoms with E-state index in [4.69, 9.17) is 5.11 Å². The van der Waals surface area contributed by atoms with Gasteiger partial charge in [-0.1, -0.05) is 17.9 Å². The topological polar surface area (TPSA) is 52.6 Å². The Kier molecular flexibility index (Phi) is 4.78. The van der Waals surface area contributed by atoms with Gasteiger partial charge in [0.05, 0.1) is 0 Å². The third-order valence-electron chi connectivity index (χ3n) is 3.61. The molecule has 0 radical (unpaired) electrons. The lowest BCUT2D eigenvalue weighted by molar-refractivity contribution is 0.0938. The number of nitrogens with zero attached hydrogens (tertiary/aromatic N) is 1. The van der Waals surface area contributed by atoms with E-state index < -0.39 is 0 Å². The molecule has 20 heavy (non-hydrogen) atoms. The predicted octanol–water partition coefficient (Wildman–Crippen LogP) is 0.773. The Bertz CT molecular complexity index is 557. The van der Waals surface area contributed by atoms with Crippen LogP contribution in [0.25, 0.3) is 0 Å². The number of carbonyl (C=O) groups excluding carboxylic acids is 1. The Balaban J connectivity index is 2.13. The summed E-state index contributed by atoms with van der Waals surface area (Å²) in [4.78, 5) is 14.5. The van der Waals surface area contributed by atoms with E-state index in [0.29, 0.717) is 5.56 Å². The van der Waals surface area contributed by atoms with Crippen LogP contribution in [0.3, 0.4) is 0 Å². The smallest absolute Gasteiger partial charge is 0.251 e. The van der Waals surface area contributed by atoms with Crippen LogP contribution in [0, 0.1) is 18.8 Å². The molecule has 1 saturated heterocycles. The molecule has 1 heterocycles. The second-order valence-corrected chi connectivity index (χ2v) is 5.16. The van der Waals surface area contributed by atoms with Gasteiger partial charge in [-0.2, -0.15) is 0 Å². The number of rotatable bonds is 2. The highest BCUT2D eigenvalue weighted by Crippen LogP contribution is 2.14. The molecular weight excluding hydrogens is 252 g/mol. The quantitative estimate of drug-likeness (QED) is 0.782. The maximum Gasteiger partial charge on any atom is 0.251 e. The van der Waals surface area contributed by atoms with Crippen LogP contribution in [0.1, 0.15) is 27.9 Å². The molecule has 0 spiro atoms. The molecular formula is C16H20N2O2. The summed E-state index contributed by atoms with van der Waals surface area (Å²) in [6.45, 7) is 3.63. The second kappa shape index (κ2) is 6.56. The molecule has 1 fully saturated rings. The molecule has 1 aliphatic heterocycles. The number of likely N-dealkylation sites (N-methyl/N-ethyl adjacent to an activating group) is 1. The highest BCUT2D eigenvalue weighted by Gasteiger charge is 2.22. The zero-order chi connectivity index (χ0) is 14.5. The average molecular weight is 272 g/mol. The molecule has 0 aromatic heterocycles. The standard InChI is InChI=1S/C16H20N2O2/c1-12-13(6-4-10-19)5-3-7-15(12)16(20)17-14-8-9-18(2)11-14/h3,5,7,14,19H,8-11H2,1-2H3,(H,17,20). The fourth-order valence-corrected chi connectivity index (χ4v) is 2.47. The van der Waals surface area contributed by atoms with Gasteiger partial charge in [-0.3, -0.25) is 4.79 Å². The van der Waals surface area contributed by atoms with Crippen molar-refractivity contribution in [3.8, 4) is 11.8 Å². The van der Waals surface area contributed by atoms with Gasteiger partial charge in [0.15, 0.2) is 0 Å². The summed E-state index contributed by atoms with van der Waals surface area (Å²) in [5.41, 5.74) is 2.30. The number of nitrogens with one attached hydrogen (secondary N) is 1. The van der Waals surface area contributed by atoms with E-state index in [0.717, 1.165) is 30.6 Å². The van der Waals surface area contributed by atoms with Gasteiger partial charge in [0.25, 0.3) is 5.91 Å². The lowest BCUT2D eigenvalue weighted by Gasteiger charge is -2.14. The highest BCUT2D eigenvalue weighted by molar-refractivity contribution is 5.96. The third kappa shape index (κ3) is 3.38. The van der Waals surface area contributed by atoms with Crippen molar-refractivity contribution >= 4 is 5.91 Å². The molecule has 106 valence electrons. The van der Waals surface area contributed by atoms with E-state index >= 15 is 0 Å². The Morgan fingerprint density at radius 1 is 1.55 bits per heavy atom. The first-order valence-corrected chi connectivity index (χ1v) is 6.80. The number of likely N-dealkylation sites (tertiary alicyclic amines) is 1. The van der Waals surface area contributed by atoms with Crippen LogP contribution in [-0.4, -0.2) is 48.7 Å². The van der Waals surface area contributed by atoms with Crippen molar-refractivity contribution in [3.05, 3.63) is 34.9 Å². The lowest BCUT2D eigenvalue weighted by atomic mass is 10.0. The van der Waals surface area contributed by atoms with Gasteiger partial charge in [-0.25, -0.2) is 0 Å². The Morgan fingerprint density at radius 3 is 3.00 bits per heavy atom. The van der Waals surface area contributed by atoms with Gasteiger partial charge in [0.2, 0.25) is 0 Å². The van der Waals surface area contributed by atoms with E-state index in [1.165, 1.54) is 0 Å². The Morgan fingerprint density at radius 2 is 2.35 bits per heavy atom. The van der Waals surface area contributed by atoms with E-state index in [2.05, 4.69) is 29.1 Å². The molecule has 1 aromatic carbocycles. The van der Waals surface area contributed by atoms with E-state index in [9.17, 15) is 4.79 Å². The Hall–Kier alpha value is -1.83. The number of aliphatic hydroxyl groups is 1. The maximum absolute atomic E-state index is 12.3. The van der Waals surface area contributed by atoms with Gasteiger partial charge < -0.3 is 15.3 Å². The molecule has 1 aliphatic rings. The molecule has 2 rings (SSSR count). The minimum Gasteiger partial charge on any atom is -0.384 e. The number of hydrogen-bond donors (Lipinski definition) is 2. The van der Waals surface area contributed by atoms with Crippen molar-refractivity contribution in [1.82, 2.24) is 10.2 Å². The highest BCUT2D eigenvalue weighted by atomic mass is 16.2. The summed E-state index contributed by atoms with van der Waals surface area (Å²) in [6.07, 6.45) is 0.991. The zero-order valence-corrected chi connectivity index (χ0v) is 11.9. The van der Waals surface area contributed by atoms with Crippen molar-refractivity contribution in [2.24, 2.45) is 0 Å². The first-order valence-electron chi connectivity index (χ1n) is 6.80. The first-order chi connectivity index (χ1) is 9.61. The molecule has 1 aromatic rings. The van der Waals surface area contributed by atoms with Crippen LogP contribution in [0.15, 0.2) is 18.2 Å². The molecule has 0 bridgehead atoms. The molecule has 2 N–H and O–H groups in total. The summed E-state index contributed by atoms with van der Waals surface area (Å²) in [7, 11) is 2.06. The van der Waals surface area contributed by atoms with Crippen molar-refractivity contribution in [3.63, 3.8) is 0 Å². The first kappa shape index (κ1) is 14.6. The van der Waals surface area contributed by atoms with Crippen molar-refractivity contribution in [1.29, 1.82) is 0 Å². The van der Waals surface area contributed by atoms with Crippen LogP contribution < -0.4 is 5.32 Å². The molecule has 0 aliphatic carbocycles. The maximum atomic E-state index is 12.3. The molecule has 1 amide bonds. The average Bonchev–Trinajstić information content (AvgIpc) is 2.83. The number of hydrogen-bond acceptors (Lipinski definition) is 3. The number of aliphatic hydroxyl groups excluding tert-OH is 1. The minimum absolute atomic E-state index is 0.0459. The summed E-state index contributed by atoms with van der Waals surface area (Å²) in [6, 6.07) is 5.72. The summed E-state index contributed by atoms with van der Waals surface area (Å²) in [5.74, 6) is 5.44. The summed E-state index contributed by atoms with van der Waals surface area (Å²) >= 11 is 0. The lowest BCUT2D eigenvalue weighted by Crippen LogP contribution is -2.36. The summed E-state index contributed by atoms with van der Waals surface area (Å²) < 4.78 is 0. The molecule has 4 nitrogen and oxygen atoms in total. The van der Waals surface area contributed by atoms with Crippen molar-refractivity contribution in [2.45, 2.75) is 19.4 Å². The van der Waals surface area contributed by atoms with Crippen molar-refractivity contribution < 1.29 is 9.90 Å². The minimum atomic E-state index is -0.176. The van der Waals surface area contributed by atoms with Crippen LogP contribution in [-0.2, 0) is 0 Å². The van der Waals surface area contributed by atoms with Gasteiger partial charge in [-0.15, -0.1) is 0 Å². The normalized spacial score (nSPS) is 18.4. The SMILES string of the molecule is Cc1c(C#CCO)cccc1C(=O)NC1CCN(C)C1. The van der Waals surface area contributed by atoms with Gasteiger partial charge in [0.1, 0.15) is 6.61 Å². The van der Waals surface area contributed by atoms with Gasteiger partial charge in [-0.05, 0) is 44.6 Å². The third-order valence-corrected chi connectivity index (χ3v) is 3.61. The van der Waals surface area contributed by atoms with Crippen LogP contribution >= 0.6 is 0 Å². The number of amides is 1. The van der Waals surface area contributed by atoms with Gasteiger partial charge in [0, 0.05) is 23.7 Å². The van der Waals surface area contributed by atoms with Crippen LogP contribution in [0.5, 0.6) is 0 Å². The van der Waals surface area contributed by atoms with E-state index in [1.807, 2.05) is 25.1 Å². The predicted molar refractivity (Wildman–Crippen MR) is 78.5 cm³/mol. The second-order valence-electron chi connectivity index (χ2n) is 5.16. The molecule has 1 unspecified atom stereocenters. The molecule has 1 atom stereocenters. The molecule has 4 heteroatoms.